The van der Waals surface area contributed by atoms with Gasteiger partial charge in [0.2, 0.25) is 0 Å². The third-order valence-corrected chi connectivity index (χ3v) is 5.59. The summed E-state index contributed by atoms with van der Waals surface area (Å²) >= 11 is 0. The molecule has 0 aliphatic heterocycles. The molecule has 0 unspecified atom stereocenters. The molecule has 0 saturated heterocycles. The van der Waals surface area contributed by atoms with Gasteiger partial charge in [0.05, 0.1) is 12.7 Å². The van der Waals surface area contributed by atoms with E-state index in [1.54, 1.807) is 0 Å². The van der Waals surface area contributed by atoms with Gasteiger partial charge in [0.15, 0.2) is 0 Å². The molecule has 150 valence electrons. The molecule has 2 nitrogen and oxygen atoms in total. The maximum Gasteiger partial charge on any atom is 0.337 e. The van der Waals surface area contributed by atoms with Crippen molar-refractivity contribution in [3.8, 4) is 0 Å². The fourth-order valence-electron chi connectivity index (χ4n) is 3.84. The third-order valence-electron chi connectivity index (χ3n) is 5.59. The summed E-state index contributed by atoms with van der Waals surface area (Å²) < 4.78 is 4.76. The molecule has 0 aliphatic carbocycles. The molecule has 0 aliphatic rings. The molecule has 4 aromatic rings. The van der Waals surface area contributed by atoms with E-state index < -0.39 is 0 Å². The van der Waals surface area contributed by atoms with E-state index in [0.717, 1.165) is 25.7 Å². The Hall–Kier alpha value is -3.39. The van der Waals surface area contributed by atoms with Gasteiger partial charge in [-0.3, -0.25) is 0 Å². The van der Waals surface area contributed by atoms with E-state index in [4.69, 9.17) is 4.74 Å². The van der Waals surface area contributed by atoms with Crippen molar-refractivity contribution < 1.29 is 9.53 Å². The highest BCUT2D eigenvalue weighted by atomic mass is 16.5. The zero-order chi connectivity index (χ0) is 20.8. The Morgan fingerprint density at radius 1 is 0.600 bits per heavy atom. The first-order valence-corrected chi connectivity index (χ1v) is 10.4. The first kappa shape index (κ1) is 19.9. The number of hydrogen-bond donors (Lipinski definition) is 0. The fourth-order valence-corrected chi connectivity index (χ4v) is 3.84. The molecule has 0 spiro atoms. The summed E-state index contributed by atoms with van der Waals surface area (Å²) in [5, 5.41) is 2.60. The summed E-state index contributed by atoms with van der Waals surface area (Å²) in [6.45, 7) is 0. The summed E-state index contributed by atoms with van der Waals surface area (Å²) in [6, 6.07) is 31.9. The Morgan fingerprint density at radius 2 is 1.17 bits per heavy atom. The number of rotatable bonds is 7. The van der Waals surface area contributed by atoms with Crippen LogP contribution in [-0.4, -0.2) is 13.1 Å². The number of esters is 1. The quantitative estimate of drug-likeness (QED) is 0.349. The minimum atomic E-state index is -0.291. The molecule has 0 fully saturated rings. The Labute approximate surface area is 178 Å². The lowest BCUT2D eigenvalue weighted by Crippen LogP contribution is -2.01. The van der Waals surface area contributed by atoms with Crippen LogP contribution in [0.15, 0.2) is 91.0 Å². The Morgan fingerprint density at radius 3 is 1.83 bits per heavy atom. The lowest BCUT2D eigenvalue weighted by Gasteiger charge is -2.08. The van der Waals surface area contributed by atoms with Crippen LogP contribution < -0.4 is 0 Å². The average Bonchev–Trinajstić information content (AvgIpc) is 2.81. The van der Waals surface area contributed by atoms with Crippen molar-refractivity contribution in [1.82, 2.24) is 0 Å². The molecule has 0 amide bonds. The SMILES string of the molecule is COC(=O)c1ccc(CCc2cccc(CCc3ccc4ccccc4c3)c2)cc1. The van der Waals surface area contributed by atoms with Crippen molar-refractivity contribution >= 4 is 16.7 Å². The Kier molecular flexibility index (Phi) is 6.24. The number of methoxy groups -OCH3 is 1. The number of carbonyl (C=O) groups excluding carboxylic acids is 1. The fraction of sp³-hybridized carbons (Fsp3) is 0.179. The molecule has 2 heteroatoms. The van der Waals surface area contributed by atoms with Crippen molar-refractivity contribution in [1.29, 1.82) is 0 Å². The third kappa shape index (κ3) is 4.96. The van der Waals surface area contributed by atoms with Crippen LogP contribution in [-0.2, 0) is 30.4 Å². The van der Waals surface area contributed by atoms with E-state index in [1.165, 1.54) is 40.1 Å². The molecule has 4 aromatic carbocycles. The second-order valence-electron chi connectivity index (χ2n) is 7.69. The number of hydrogen-bond acceptors (Lipinski definition) is 2. The van der Waals surface area contributed by atoms with Crippen LogP contribution in [0.5, 0.6) is 0 Å². The van der Waals surface area contributed by atoms with Gasteiger partial charge < -0.3 is 4.74 Å². The molecule has 0 bridgehead atoms. The highest BCUT2D eigenvalue weighted by molar-refractivity contribution is 5.89. The van der Waals surface area contributed by atoms with Crippen LogP contribution in [0.2, 0.25) is 0 Å². The van der Waals surface area contributed by atoms with Crippen LogP contribution in [0.4, 0.5) is 0 Å². The average molecular weight is 395 g/mol. The largest absolute Gasteiger partial charge is 0.465 e. The standard InChI is InChI=1S/C28H26O2/c1-30-28(29)26-17-13-21(14-18-26)9-10-22-5-4-6-23(19-22)11-12-24-15-16-25-7-2-3-8-27(25)20-24/h2-8,13-20H,9-12H2,1H3. The minimum Gasteiger partial charge on any atom is -0.465 e. The van der Waals surface area contributed by atoms with Crippen LogP contribution >= 0.6 is 0 Å². The van der Waals surface area contributed by atoms with E-state index in [0.29, 0.717) is 5.56 Å². The predicted octanol–water partition coefficient (Wildman–Crippen LogP) is 6.20. The molecule has 30 heavy (non-hydrogen) atoms. The number of aryl methyl sites for hydroxylation is 4. The van der Waals surface area contributed by atoms with Gasteiger partial charge in [0, 0.05) is 0 Å². The molecule has 0 saturated carbocycles. The van der Waals surface area contributed by atoms with Crippen molar-refractivity contribution in [2.45, 2.75) is 25.7 Å². The number of ether oxygens (including phenoxy) is 1. The van der Waals surface area contributed by atoms with E-state index in [2.05, 4.69) is 66.7 Å². The summed E-state index contributed by atoms with van der Waals surface area (Å²) in [5.74, 6) is -0.291. The van der Waals surface area contributed by atoms with Crippen LogP contribution in [0.25, 0.3) is 10.8 Å². The molecular formula is C28H26O2. The highest BCUT2D eigenvalue weighted by Crippen LogP contribution is 2.18. The number of carbonyl (C=O) groups is 1. The van der Waals surface area contributed by atoms with Gasteiger partial charge in [-0.25, -0.2) is 4.79 Å². The monoisotopic (exact) mass is 394 g/mol. The first-order valence-electron chi connectivity index (χ1n) is 10.4. The molecule has 0 radical (unpaired) electrons. The second kappa shape index (κ2) is 9.41. The smallest absolute Gasteiger partial charge is 0.337 e. The van der Waals surface area contributed by atoms with Crippen LogP contribution in [0.3, 0.4) is 0 Å². The maximum absolute atomic E-state index is 11.5. The van der Waals surface area contributed by atoms with Gasteiger partial charge in [-0.1, -0.05) is 78.9 Å². The van der Waals surface area contributed by atoms with E-state index in [1.807, 2.05) is 24.3 Å². The Bertz CT molecular complexity index is 1140. The summed E-state index contributed by atoms with van der Waals surface area (Å²) in [5.41, 5.74) is 5.93. The topological polar surface area (TPSA) is 26.3 Å². The zero-order valence-corrected chi connectivity index (χ0v) is 17.3. The molecule has 4 rings (SSSR count). The van der Waals surface area contributed by atoms with Gasteiger partial charge >= 0.3 is 5.97 Å². The lowest BCUT2D eigenvalue weighted by atomic mass is 9.98. The minimum absolute atomic E-state index is 0.291. The number of benzene rings is 4. The lowest BCUT2D eigenvalue weighted by molar-refractivity contribution is 0.0600. The number of fused-ring (bicyclic) bond motifs is 1. The summed E-state index contributed by atoms with van der Waals surface area (Å²) in [4.78, 5) is 11.5. The van der Waals surface area contributed by atoms with Gasteiger partial charge in [-0.2, -0.15) is 0 Å². The van der Waals surface area contributed by atoms with E-state index in [-0.39, 0.29) is 5.97 Å². The van der Waals surface area contributed by atoms with Gasteiger partial charge in [-0.05, 0) is 70.8 Å². The van der Waals surface area contributed by atoms with Crippen molar-refractivity contribution in [2.24, 2.45) is 0 Å². The molecule has 0 N–H and O–H groups in total. The summed E-state index contributed by atoms with van der Waals surface area (Å²) in [7, 11) is 1.41. The van der Waals surface area contributed by atoms with Crippen LogP contribution in [0.1, 0.15) is 32.6 Å². The van der Waals surface area contributed by atoms with Crippen molar-refractivity contribution in [2.75, 3.05) is 7.11 Å². The van der Waals surface area contributed by atoms with Crippen molar-refractivity contribution in [3.05, 3.63) is 119 Å². The van der Waals surface area contributed by atoms with Gasteiger partial charge in [-0.15, -0.1) is 0 Å². The first-order chi connectivity index (χ1) is 14.7. The summed E-state index contributed by atoms with van der Waals surface area (Å²) in [6.07, 6.45) is 4.03. The molecule has 0 aromatic heterocycles. The van der Waals surface area contributed by atoms with Gasteiger partial charge in [0.1, 0.15) is 0 Å². The van der Waals surface area contributed by atoms with E-state index in [9.17, 15) is 4.79 Å². The molecule has 0 heterocycles. The molecular weight excluding hydrogens is 368 g/mol. The molecule has 0 atom stereocenters. The predicted molar refractivity (Wildman–Crippen MR) is 123 cm³/mol. The van der Waals surface area contributed by atoms with Gasteiger partial charge in [0.25, 0.3) is 0 Å². The Balaban J connectivity index is 1.35. The maximum atomic E-state index is 11.5. The second-order valence-corrected chi connectivity index (χ2v) is 7.69. The zero-order valence-electron chi connectivity index (χ0n) is 17.3. The normalized spacial score (nSPS) is 10.8. The van der Waals surface area contributed by atoms with Crippen molar-refractivity contribution in [3.63, 3.8) is 0 Å². The van der Waals surface area contributed by atoms with Crippen LogP contribution in [0, 0.1) is 0 Å². The van der Waals surface area contributed by atoms with E-state index >= 15 is 0 Å². The highest BCUT2D eigenvalue weighted by Gasteiger charge is 2.05.